The minimum Gasteiger partial charge on any atom is -0.156 e. The monoisotopic (exact) mass is 218 g/mol. The van der Waals surface area contributed by atoms with E-state index in [2.05, 4.69) is 38.4 Å². The average Bonchev–Trinajstić information content (AvgIpc) is 2.87. The Labute approximate surface area is 97.2 Å². The van der Waals surface area contributed by atoms with Crippen LogP contribution in [0.3, 0.4) is 0 Å². The van der Waals surface area contributed by atoms with Crippen LogP contribution < -0.4 is 0 Å². The molecule has 2 saturated carbocycles. The number of hydrogen-bond acceptors (Lipinski definition) is 2. The Kier molecular flexibility index (Phi) is 3.89. The Bertz CT molecular complexity index is 206. The zero-order valence-corrected chi connectivity index (χ0v) is 9.49. The Morgan fingerprint density at radius 2 is 1.79 bits per heavy atom. The van der Waals surface area contributed by atoms with Crippen molar-refractivity contribution >= 4 is 28.8 Å². The largest absolute Gasteiger partial charge is 0.156 e. The molecule has 2 aliphatic carbocycles. The lowest BCUT2D eigenvalue weighted by atomic mass is 9.91. The Morgan fingerprint density at radius 3 is 2.43 bits per heavy atom. The van der Waals surface area contributed by atoms with Crippen molar-refractivity contribution in [3.05, 3.63) is 62.0 Å². The van der Waals surface area contributed by atoms with Crippen molar-refractivity contribution in [3.63, 3.8) is 0 Å². The van der Waals surface area contributed by atoms with E-state index in [1.165, 1.54) is 11.2 Å². The highest BCUT2D eigenvalue weighted by Crippen LogP contribution is 2.44. The molecule has 0 saturated heterocycles. The van der Waals surface area contributed by atoms with Gasteiger partial charge in [-0.25, -0.2) is 0 Å². The van der Waals surface area contributed by atoms with Crippen LogP contribution in [0.2, 0.25) is 0 Å². The van der Waals surface area contributed by atoms with Crippen molar-refractivity contribution in [3.8, 4) is 0 Å². The lowest BCUT2D eigenvalue weighted by molar-refractivity contribution is 1.35. The Morgan fingerprint density at radius 1 is 1.07 bits per heavy atom. The van der Waals surface area contributed by atoms with E-state index in [1.54, 1.807) is 11.8 Å². The van der Waals surface area contributed by atoms with Crippen LogP contribution in [0.15, 0.2) is 0 Å². The van der Waals surface area contributed by atoms with Crippen LogP contribution in [0.25, 0.3) is 0 Å². The highest BCUT2D eigenvalue weighted by atomic mass is 32.2. The molecule has 0 spiro atoms. The summed E-state index contributed by atoms with van der Waals surface area (Å²) in [6.45, 7) is 0. The second-order valence-corrected chi connectivity index (χ2v) is 4.27. The molecule has 2 aliphatic rings. The van der Waals surface area contributed by atoms with Gasteiger partial charge in [-0.05, 0) is 51.2 Å². The molecular weight excluding hydrogens is 208 g/mol. The first-order valence-electron chi connectivity index (χ1n) is 4.39. The summed E-state index contributed by atoms with van der Waals surface area (Å²) in [5.74, 6) is 2.32. The maximum absolute atomic E-state index is 5.43. The van der Waals surface area contributed by atoms with Crippen molar-refractivity contribution in [2.45, 2.75) is 0 Å². The number of hydrogen-bond donors (Lipinski definition) is 0. The van der Waals surface area contributed by atoms with Gasteiger partial charge in [0.05, 0.1) is 0 Å². The standard InChI is InChI=1S/C12H10S2/c1-14-11-8-4-7-10(11)12(13)9-5-2-3-6-9/h2-8H,1H3. The summed E-state index contributed by atoms with van der Waals surface area (Å²) in [6, 6.07) is 0. The fourth-order valence-corrected chi connectivity index (χ4v) is 2.43. The molecule has 2 heteroatoms. The molecule has 0 atom stereocenters. The van der Waals surface area contributed by atoms with Crippen molar-refractivity contribution in [2.75, 3.05) is 6.26 Å². The van der Waals surface area contributed by atoms with Gasteiger partial charge in [-0.2, -0.15) is 11.8 Å². The number of thiocarbonyl (C=S) groups is 1. The fraction of sp³-hybridized carbons (Fsp3) is 0.0833. The number of thioether (sulfide) groups is 1. The molecule has 0 N–H and O–H groups in total. The topological polar surface area (TPSA) is 0 Å². The van der Waals surface area contributed by atoms with Crippen LogP contribution in [-0.2, 0) is 0 Å². The molecule has 0 unspecified atom stereocenters. The van der Waals surface area contributed by atoms with Crippen molar-refractivity contribution in [1.29, 1.82) is 0 Å². The number of rotatable bonds is 3. The third kappa shape index (κ3) is 2.16. The van der Waals surface area contributed by atoms with E-state index in [0.717, 1.165) is 10.8 Å². The maximum atomic E-state index is 5.43. The van der Waals surface area contributed by atoms with Crippen LogP contribution in [0.1, 0.15) is 0 Å². The Balaban J connectivity index is 1.95. The summed E-state index contributed by atoms with van der Waals surface area (Å²) in [5.41, 5.74) is 0. The zero-order valence-electron chi connectivity index (χ0n) is 7.86. The molecule has 0 aromatic rings. The predicted molar refractivity (Wildman–Crippen MR) is 65.9 cm³/mol. The lowest BCUT2D eigenvalue weighted by Gasteiger charge is -2.20. The van der Waals surface area contributed by atoms with E-state index < -0.39 is 0 Å². The van der Waals surface area contributed by atoms with Gasteiger partial charge in [-0.1, -0.05) is 12.2 Å². The fourth-order valence-electron chi connectivity index (χ4n) is 1.45. The van der Waals surface area contributed by atoms with Crippen molar-refractivity contribution in [2.24, 2.45) is 0 Å². The summed E-state index contributed by atoms with van der Waals surface area (Å²) in [6.07, 6.45) is 16.5. The van der Waals surface area contributed by atoms with Crippen molar-refractivity contribution < 1.29 is 0 Å². The van der Waals surface area contributed by atoms with E-state index in [4.69, 9.17) is 12.2 Å². The molecule has 0 nitrogen and oxygen atoms in total. The van der Waals surface area contributed by atoms with Crippen molar-refractivity contribution in [1.82, 2.24) is 0 Å². The summed E-state index contributed by atoms with van der Waals surface area (Å²) >= 11 is 7.18. The molecule has 0 heterocycles. The summed E-state index contributed by atoms with van der Waals surface area (Å²) in [4.78, 5) is 0.948. The van der Waals surface area contributed by atoms with Gasteiger partial charge in [-0.3, -0.25) is 0 Å². The van der Waals surface area contributed by atoms with Crippen LogP contribution in [0, 0.1) is 62.0 Å². The smallest absolute Gasteiger partial charge is 0.0464 e. The molecule has 0 aromatic heterocycles. The van der Waals surface area contributed by atoms with E-state index in [0.29, 0.717) is 0 Å². The first-order chi connectivity index (χ1) is 6.83. The van der Waals surface area contributed by atoms with E-state index in [-0.39, 0.29) is 0 Å². The van der Waals surface area contributed by atoms with E-state index in [9.17, 15) is 0 Å². The normalized spacial score (nSPS) is 26.1. The molecule has 2 fully saturated rings. The molecule has 0 bridgehead atoms. The molecule has 70 valence electrons. The second kappa shape index (κ2) is 4.98. The molecule has 10 radical (unpaired) electrons. The van der Waals surface area contributed by atoms with Gasteiger partial charge in [0.25, 0.3) is 0 Å². The summed E-state index contributed by atoms with van der Waals surface area (Å²) in [7, 11) is 0. The van der Waals surface area contributed by atoms with E-state index in [1.807, 2.05) is 12.8 Å². The first kappa shape index (κ1) is 10.9. The SMILES string of the molecule is CS[C]1[CH][CH][CH][C]1C(=S)[C]1[CH][CH][CH][CH]1. The van der Waals surface area contributed by atoms with Gasteiger partial charge in [0.1, 0.15) is 0 Å². The molecule has 0 amide bonds. The van der Waals surface area contributed by atoms with Crippen LogP contribution in [-0.4, -0.2) is 11.1 Å². The summed E-state index contributed by atoms with van der Waals surface area (Å²) < 4.78 is 0. The molecule has 2 rings (SSSR count). The lowest BCUT2D eigenvalue weighted by Crippen LogP contribution is -2.18. The minimum atomic E-state index is 0.948. The quantitative estimate of drug-likeness (QED) is 0.668. The third-order valence-corrected chi connectivity index (χ3v) is 3.42. The zero-order chi connectivity index (χ0) is 9.97. The highest BCUT2D eigenvalue weighted by Gasteiger charge is 2.36. The predicted octanol–water partition coefficient (Wildman–Crippen LogP) is 2.86. The highest BCUT2D eigenvalue weighted by molar-refractivity contribution is 8.01. The van der Waals surface area contributed by atoms with Crippen LogP contribution >= 0.6 is 24.0 Å². The van der Waals surface area contributed by atoms with Gasteiger partial charge >= 0.3 is 0 Å². The molecular formula is C12H10S2. The van der Waals surface area contributed by atoms with Gasteiger partial charge in [0, 0.05) is 22.0 Å². The average molecular weight is 218 g/mol. The maximum Gasteiger partial charge on any atom is 0.0464 e. The molecule has 0 aliphatic heterocycles. The third-order valence-electron chi connectivity index (χ3n) is 2.17. The van der Waals surface area contributed by atoms with Gasteiger partial charge in [0.15, 0.2) is 0 Å². The first-order valence-corrected chi connectivity index (χ1v) is 6.02. The van der Waals surface area contributed by atoms with Gasteiger partial charge in [-0.15, -0.1) is 0 Å². The van der Waals surface area contributed by atoms with E-state index >= 15 is 0 Å². The Hall–Kier alpha value is 0.440. The second-order valence-electron chi connectivity index (χ2n) is 3.01. The summed E-state index contributed by atoms with van der Waals surface area (Å²) in [5, 5.41) is 1.26. The molecule has 14 heavy (non-hydrogen) atoms. The van der Waals surface area contributed by atoms with Gasteiger partial charge in [0.2, 0.25) is 0 Å². The van der Waals surface area contributed by atoms with Crippen LogP contribution in [0.4, 0.5) is 0 Å². The van der Waals surface area contributed by atoms with Gasteiger partial charge < -0.3 is 0 Å². The molecule has 0 aromatic carbocycles. The van der Waals surface area contributed by atoms with Crippen LogP contribution in [0.5, 0.6) is 0 Å². The minimum absolute atomic E-state index is 0.948.